The van der Waals surface area contributed by atoms with E-state index in [1.54, 1.807) is 6.08 Å². The molecule has 0 aromatic rings. The summed E-state index contributed by atoms with van der Waals surface area (Å²) in [5, 5.41) is 12.1. The average molecular weight is 299 g/mol. The largest absolute Gasteiger partial charge is 0.329 e. The van der Waals surface area contributed by atoms with Crippen LogP contribution in [-0.4, -0.2) is 5.91 Å². The van der Waals surface area contributed by atoms with Crippen molar-refractivity contribution in [3.8, 4) is 6.07 Å². The molecule has 0 saturated heterocycles. The van der Waals surface area contributed by atoms with Crippen LogP contribution in [0.15, 0.2) is 23.4 Å². The maximum absolute atomic E-state index is 12.9. The van der Waals surface area contributed by atoms with Crippen LogP contribution in [0, 0.1) is 29.1 Å². The lowest BCUT2D eigenvalue weighted by Crippen LogP contribution is -2.42. The SMILES string of the molecule is CC(C)CCC1(C(=O)NC2=CC(C#N)=CC[CH]2)CCCCC1. The zero-order valence-electron chi connectivity index (χ0n) is 13.8. The summed E-state index contributed by atoms with van der Waals surface area (Å²) in [5.41, 5.74) is 1.22. The number of amides is 1. The second-order valence-electron chi connectivity index (χ2n) is 7.04. The van der Waals surface area contributed by atoms with E-state index in [0.717, 1.165) is 44.2 Å². The van der Waals surface area contributed by atoms with E-state index < -0.39 is 0 Å². The van der Waals surface area contributed by atoms with E-state index in [9.17, 15) is 4.79 Å². The second kappa shape index (κ2) is 7.63. The molecule has 0 spiro atoms. The summed E-state index contributed by atoms with van der Waals surface area (Å²) in [6.07, 6.45) is 14.0. The van der Waals surface area contributed by atoms with Crippen molar-refractivity contribution >= 4 is 5.91 Å². The van der Waals surface area contributed by atoms with Crippen LogP contribution in [0.25, 0.3) is 0 Å². The number of nitriles is 1. The van der Waals surface area contributed by atoms with E-state index in [1.807, 2.05) is 12.5 Å². The van der Waals surface area contributed by atoms with Crippen molar-refractivity contribution in [1.29, 1.82) is 5.26 Å². The van der Waals surface area contributed by atoms with Gasteiger partial charge in [-0.3, -0.25) is 4.79 Å². The summed E-state index contributed by atoms with van der Waals surface area (Å²) in [6, 6.07) is 2.15. The highest BCUT2D eigenvalue weighted by atomic mass is 16.2. The molecular formula is C19H27N2O. The van der Waals surface area contributed by atoms with Gasteiger partial charge in [-0.2, -0.15) is 5.26 Å². The molecule has 2 rings (SSSR count). The quantitative estimate of drug-likeness (QED) is 0.816. The molecule has 1 saturated carbocycles. The molecule has 0 unspecified atom stereocenters. The van der Waals surface area contributed by atoms with Gasteiger partial charge >= 0.3 is 0 Å². The first-order valence-electron chi connectivity index (χ1n) is 8.52. The molecule has 2 aliphatic carbocycles. The predicted molar refractivity (Wildman–Crippen MR) is 88.4 cm³/mol. The van der Waals surface area contributed by atoms with E-state index in [4.69, 9.17) is 5.26 Å². The molecule has 2 aliphatic rings. The predicted octanol–water partition coefficient (Wildman–Crippen LogP) is 4.43. The summed E-state index contributed by atoms with van der Waals surface area (Å²) >= 11 is 0. The Morgan fingerprint density at radius 3 is 2.73 bits per heavy atom. The maximum atomic E-state index is 12.9. The van der Waals surface area contributed by atoms with Gasteiger partial charge in [0.25, 0.3) is 0 Å². The van der Waals surface area contributed by atoms with E-state index in [2.05, 4.69) is 25.2 Å². The number of carbonyl (C=O) groups is 1. The first-order valence-corrected chi connectivity index (χ1v) is 8.52. The van der Waals surface area contributed by atoms with Crippen molar-refractivity contribution in [2.24, 2.45) is 11.3 Å². The summed E-state index contributed by atoms with van der Waals surface area (Å²) < 4.78 is 0. The molecule has 0 aromatic carbocycles. The van der Waals surface area contributed by atoms with Gasteiger partial charge in [0.2, 0.25) is 5.91 Å². The fourth-order valence-corrected chi connectivity index (χ4v) is 3.41. The van der Waals surface area contributed by atoms with Crippen LogP contribution in [0.4, 0.5) is 0 Å². The van der Waals surface area contributed by atoms with Gasteiger partial charge in [-0.15, -0.1) is 0 Å². The monoisotopic (exact) mass is 299 g/mol. The third-order valence-electron chi connectivity index (χ3n) is 4.87. The Hall–Kier alpha value is -1.56. The number of nitrogens with one attached hydrogen (secondary N) is 1. The molecule has 119 valence electrons. The number of carbonyl (C=O) groups excluding carboxylic acids is 1. The van der Waals surface area contributed by atoms with E-state index in [0.29, 0.717) is 17.9 Å². The minimum Gasteiger partial charge on any atom is -0.329 e. The first kappa shape index (κ1) is 16.8. The third-order valence-corrected chi connectivity index (χ3v) is 4.87. The van der Waals surface area contributed by atoms with Gasteiger partial charge < -0.3 is 5.32 Å². The van der Waals surface area contributed by atoms with Gasteiger partial charge in [0.05, 0.1) is 6.07 Å². The maximum Gasteiger partial charge on any atom is 0.230 e. The van der Waals surface area contributed by atoms with Crippen molar-refractivity contribution in [3.63, 3.8) is 0 Å². The fraction of sp³-hybridized carbons (Fsp3) is 0.632. The topological polar surface area (TPSA) is 52.9 Å². The van der Waals surface area contributed by atoms with Crippen molar-refractivity contribution in [2.75, 3.05) is 0 Å². The van der Waals surface area contributed by atoms with Crippen molar-refractivity contribution in [1.82, 2.24) is 5.32 Å². The zero-order chi connectivity index (χ0) is 16.0. The van der Waals surface area contributed by atoms with Gasteiger partial charge in [0.15, 0.2) is 0 Å². The number of rotatable bonds is 5. The van der Waals surface area contributed by atoms with Crippen LogP contribution in [0.2, 0.25) is 0 Å². The molecule has 0 aliphatic heterocycles. The Balaban J connectivity index is 2.07. The molecule has 1 fully saturated rings. The van der Waals surface area contributed by atoms with E-state index >= 15 is 0 Å². The molecule has 22 heavy (non-hydrogen) atoms. The summed E-state index contributed by atoms with van der Waals surface area (Å²) in [7, 11) is 0. The Morgan fingerprint density at radius 2 is 2.09 bits per heavy atom. The fourth-order valence-electron chi connectivity index (χ4n) is 3.41. The standard InChI is InChI=1S/C19H27N2O/c1-15(2)9-12-19(10-4-3-5-11-19)18(22)21-17-8-6-7-16(13-17)14-20/h7-8,13,15H,3-6,9-12H2,1-2H3,(H,21,22). The van der Waals surface area contributed by atoms with Crippen molar-refractivity contribution < 1.29 is 4.79 Å². The van der Waals surface area contributed by atoms with Crippen LogP contribution < -0.4 is 5.32 Å². The number of nitrogens with zero attached hydrogens (tertiary/aromatic N) is 1. The van der Waals surface area contributed by atoms with Crippen LogP contribution in [0.1, 0.15) is 65.2 Å². The third kappa shape index (κ3) is 4.22. The molecule has 1 amide bonds. The number of allylic oxidation sites excluding steroid dienone is 4. The second-order valence-corrected chi connectivity index (χ2v) is 7.04. The summed E-state index contributed by atoms with van der Waals surface area (Å²) in [4.78, 5) is 12.9. The summed E-state index contributed by atoms with van der Waals surface area (Å²) in [5.74, 6) is 0.787. The average Bonchev–Trinajstić information content (AvgIpc) is 2.54. The van der Waals surface area contributed by atoms with E-state index in [-0.39, 0.29) is 11.3 Å². The van der Waals surface area contributed by atoms with Gasteiger partial charge in [-0.05, 0) is 44.1 Å². The highest BCUT2D eigenvalue weighted by molar-refractivity contribution is 5.84. The number of hydrogen-bond donors (Lipinski definition) is 1. The Labute approximate surface area is 134 Å². The van der Waals surface area contributed by atoms with Gasteiger partial charge in [-0.25, -0.2) is 0 Å². The van der Waals surface area contributed by atoms with E-state index in [1.165, 1.54) is 6.42 Å². The number of hydrogen-bond acceptors (Lipinski definition) is 2. The molecule has 0 aromatic heterocycles. The lowest BCUT2D eigenvalue weighted by molar-refractivity contribution is -0.132. The zero-order valence-corrected chi connectivity index (χ0v) is 13.8. The molecule has 0 heterocycles. The Kier molecular flexibility index (Phi) is 5.83. The molecule has 1 radical (unpaired) electrons. The van der Waals surface area contributed by atoms with Crippen molar-refractivity contribution in [3.05, 3.63) is 29.8 Å². The molecule has 0 atom stereocenters. The highest BCUT2D eigenvalue weighted by Crippen LogP contribution is 2.41. The lowest BCUT2D eigenvalue weighted by Gasteiger charge is -2.37. The van der Waals surface area contributed by atoms with Gasteiger partial charge in [-0.1, -0.05) is 39.2 Å². The van der Waals surface area contributed by atoms with Gasteiger partial charge in [0.1, 0.15) is 0 Å². The Bertz CT molecular complexity index is 502. The minimum absolute atomic E-state index is 0.162. The Morgan fingerprint density at radius 1 is 1.36 bits per heavy atom. The highest BCUT2D eigenvalue weighted by Gasteiger charge is 2.39. The van der Waals surface area contributed by atoms with Crippen LogP contribution >= 0.6 is 0 Å². The molecule has 1 N–H and O–H groups in total. The normalized spacial score (nSPS) is 20.8. The van der Waals surface area contributed by atoms with Crippen LogP contribution in [-0.2, 0) is 4.79 Å². The molecule has 3 heteroatoms. The first-order chi connectivity index (χ1) is 10.6. The van der Waals surface area contributed by atoms with Crippen LogP contribution in [0.3, 0.4) is 0 Å². The smallest absolute Gasteiger partial charge is 0.230 e. The van der Waals surface area contributed by atoms with Crippen LogP contribution in [0.5, 0.6) is 0 Å². The summed E-state index contributed by atoms with van der Waals surface area (Å²) in [6.45, 7) is 4.44. The minimum atomic E-state index is -0.203. The molecular weight excluding hydrogens is 272 g/mol. The van der Waals surface area contributed by atoms with Crippen molar-refractivity contribution in [2.45, 2.75) is 65.2 Å². The lowest BCUT2D eigenvalue weighted by atomic mass is 9.69. The molecule has 0 bridgehead atoms. The molecule has 3 nitrogen and oxygen atoms in total. The van der Waals surface area contributed by atoms with Gasteiger partial charge in [0, 0.05) is 23.1 Å².